The van der Waals surface area contributed by atoms with E-state index in [4.69, 9.17) is 16.3 Å². The SMILES string of the molecule is O=C(COc1ccc(Cl)cc1)N1CC2CN(Cc3ccccc3)CC2C1. The van der Waals surface area contributed by atoms with Gasteiger partial charge in [0.2, 0.25) is 0 Å². The number of halogens is 1. The van der Waals surface area contributed by atoms with E-state index in [9.17, 15) is 4.79 Å². The largest absolute Gasteiger partial charge is 0.484 e. The molecule has 2 aromatic carbocycles. The normalized spacial score (nSPS) is 22.4. The molecule has 1 amide bonds. The third-order valence-electron chi connectivity index (χ3n) is 5.34. The second kappa shape index (κ2) is 7.68. The average molecular weight is 371 g/mol. The number of rotatable bonds is 5. The quantitative estimate of drug-likeness (QED) is 0.809. The summed E-state index contributed by atoms with van der Waals surface area (Å²) in [6.07, 6.45) is 0. The van der Waals surface area contributed by atoms with Gasteiger partial charge in [-0.1, -0.05) is 41.9 Å². The van der Waals surface area contributed by atoms with Crippen molar-refractivity contribution in [1.82, 2.24) is 9.80 Å². The van der Waals surface area contributed by atoms with Crippen LogP contribution in [0.15, 0.2) is 54.6 Å². The predicted octanol–water partition coefficient (Wildman–Crippen LogP) is 3.31. The molecular formula is C21H23ClN2O2. The van der Waals surface area contributed by atoms with Gasteiger partial charge in [0, 0.05) is 37.7 Å². The van der Waals surface area contributed by atoms with Crippen LogP contribution in [0, 0.1) is 11.8 Å². The lowest BCUT2D eigenvalue weighted by Gasteiger charge is -2.21. The van der Waals surface area contributed by atoms with Crippen molar-refractivity contribution < 1.29 is 9.53 Å². The lowest BCUT2D eigenvalue weighted by molar-refractivity contribution is -0.132. The van der Waals surface area contributed by atoms with Gasteiger partial charge in [-0.05, 0) is 41.7 Å². The molecule has 2 atom stereocenters. The van der Waals surface area contributed by atoms with E-state index in [0.717, 1.165) is 32.7 Å². The fourth-order valence-electron chi connectivity index (χ4n) is 4.03. The molecule has 0 saturated carbocycles. The van der Waals surface area contributed by atoms with Gasteiger partial charge in [0.1, 0.15) is 5.75 Å². The minimum atomic E-state index is 0.0731. The number of carbonyl (C=O) groups excluding carboxylic acids is 1. The van der Waals surface area contributed by atoms with Crippen molar-refractivity contribution in [1.29, 1.82) is 0 Å². The highest BCUT2D eigenvalue weighted by Gasteiger charge is 2.41. The maximum absolute atomic E-state index is 12.5. The number of ether oxygens (including phenoxy) is 1. The van der Waals surface area contributed by atoms with Crippen molar-refractivity contribution in [3.8, 4) is 5.75 Å². The fraction of sp³-hybridized carbons (Fsp3) is 0.381. The molecule has 0 aliphatic carbocycles. The number of hydrogen-bond acceptors (Lipinski definition) is 3. The highest BCUT2D eigenvalue weighted by atomic mass is 35.5. The Labute approximate surface area is 159 Å². The molecule has 0 spiro atoms. The summed E-state index contributed by atoms with van der Waals surface area (Å²) >= 11 is 5.86. The summed E-state index contributed by atoms with van der Waals surface area (Å²) in [4.78, 5) is 16.9. The average Bonchev–Trinajstić information content (AvgIpc) is 3.20. The summed E-state index contributed by atoms with van der Waals surface area (Å²) in [5.41, 5.74) is 1.36. The molecule has 0 bridgehead atoms. The van der Waals surface area contributed by atoms with Crippen molar-refractivity contribution in [3.63, 3.8) is 0 Å². The summed E-state index contributed by atoms with van der Waals surface area (Å²) in [7, 11) is 0. The van der Waals surface area contributed by atoms with Gasteiger partial charge in [-0.3, -0.25) is 9.69 Å². The zero-order chi connectivity index (χ0) is 17.9. The Balaban J connectivity index is 1.25. The van der Waals surface area contributed by atoms with Crippen molar-refractivity contribution in [3.05, 3.63) is 65.2 Å². The molecule has 2 unspecified atom stereocenters. The van der Waals surface area contributed by atoms with E-state index < -0.39 is 0 Å². The van der Waals surface area contributed by atoms with Gasteiger partial charge in [-0.25, -0.2) is 0 Å². The van der Waals surface area contributed by atoms with E-state index in [1.54, 1.807) is 24.3 Å². The number of benzene rings is 2. The molecule has 5 heteroatoms. The zero-order valence-electron chi connectivity index (χ0n) is 14.7. The van der Waals surface area contributed by atoms with Crippen LogP contribution in [0.4, 0.5) is 0 Å². The number of hydrogen-bond donors (Lipinski definition) is 0. The van der Waals surface area contributed by atoms with Crippen LogP contribution in [0.2, 0.25) is 5.02 Å². The van der Waals surface area contributed by atoms with Gasteiger partial charge >= 0.3 is 0 Å². The number of fused-ring (bicyclic) bond motifs is 1. The third-order valence-corrected chi connectivity index (χ3v) is 5.59. The molecule has 0 radical (unpaired) electrons. The molecule has 4 rings (SSSR count). The van der Waals surface area contributed by atoms with E-state index in [0.29, 0.717) is 22.6 Å². The standard InChI is InChI=1S/C21H23ClN2O2/c22-19-6-8-20(9-7-19)26-15-21(25)24-13-17-11-23(12-18(17)14-24)10-16-4-2-1-3-5-16/h1-9,17-18H,10-15H2. The molecule has 0 aromatic heterocycles. The van der Waals surface area contributed by atoms with Crippen LogP contribution >= 0.6 is 11.6 Å². The Morgan fingerprint density at radius 3 is 2.27 bits per heavy atom. The first kappa shape index (κ1) is 17.4. The Morgan fingerprint density at radius 1 is 0.962 bits per heavy atom. The van der Waals surface area contributed by atoms with Crippen LogP contribution in [0.3, 0.4) is 0 Å². The second-order valence-corrected chi connectivity index (χ2v) is 7.68. The van der Waals surface area contributed by atoms with E-state index in [2.05, 4.69) is 35.2 Å². The lowest BCUT2D eigenvalue weighted by Crippen LogP contribution is -2.36. The zero-order valence-corrected chi connectivity index (χ0v) is 15.4. The highest BCUT2D eigenvalue weighted by Crippen LogP contribution is 2.32. The summed E-state index contributed by atoms with van der Waals surface area (Å²) in [6, 6.07) is 17.7. The van der Waals surface area contributed by atoms with Crippen molar-refractivity contribution >= 4 is 17.5 Å². The molecule has 0 N–H and O–H groups in total. The van der Waals surface area contributed by atoms with E-state index in [1.165, 1.54) is 5.56 Å². The molecule has 2 aliphatic rings. The maximum Gasteiger partial charge on any atom is 0.260 e. The third kappa shape index (κ3) is 4.02. The minimum absolute atomic E-state index is 0.0731. The molecule has 2 saturated heterocycles. The van der Waals surface area contributed by atoms with Gasteiger partial charge in [-0.2, -0.15) is 0 Å². The Kier molecular flexibility index (Phi) is 5.14. The molecule has 2 fully saturated rings. The monoisotopic (exact) mass is 370 g/mol. The first-order chi connectivity index (χ1) is 12.7. The maximum atomic E-state index is 12.5. The summed E-state index contributed by atoms with van der Waals surface area (Å²) in [5, 5.41) is 0.663. The second-order valence-electron chi connectivity index (χ2n) is 7.24. The first-order valence-corrected chi connectivity index (χ1v) is 9.47. The number of likely N-dealkylation sites (tertiary alicyclic amines) is 2. The molecule has 2 aromatic rings. The van der Waals surface area contributed by atoms with Gasteiger partial charge in [0.05, 0.1) is 0 Å². The van der Waals surface area contributed by atoms with Crippen LogP contribution in [-0.2, 0) is 11.3 Å². The van der Waals surface area contributed by atoms with Crippen molar-refractivity contribution in [2.24, 2.45) is 11.8 Å². The van der Waals surface area contributed by atoms with E-state index in [1.807, 2.05) is 4.90 Å². The highest BCUT2D eigenvalue weighted by molar-refractivity contribution is 6.30. The topological polar surface area (TPSA) is 32.8 Å². The minimum Gasteiger partial charge on any atom is -0.484 e. The first-order valence-electron chi connectivity index (χ1n) is 9.10. The van der Waals surface area contributed by atoms with Crippen molar-refractivity contribution in [2.45, 2.75) is 6.54 Å². The van der Waals surface area contributed by atoms with Crippen LogP contribution < -0.4 is 4.74 Å². The van der Waals surface area contributed by atoms with Gasteiger partial charge < -0.3 is 9.64 Å². The summed E-state index contributed by atoms with van der Waals surface area (Å²) in [6.45, 7) is 4.93. The molecule has 2 heterocycles. The van der Waals surface area contributed by atoms with Crippen molar-refractivity contribution in [2.75, 3.05) is 32.8 Å². The molecule has 136 valence electrons. The number of carbonyl (C=O) groups is 1. The molecular weight excluding hydrogens is 348 g/mol. The van der Waals surface area contributed by atoms with Gasteiger partial charge in [0.15, 0.2) is 6.61 Å². The van der Waals surface area contributed by atoms with Gasteiger partial charge in [0.25, 0.3) is 5.91 Å². The Hall–Kier alpha value is -2.04. The number of amides is 1. The Bertz CT molecular complexity index is 736. The van der Waals surface area contributed by atoms with Gasteiger partial charge in [-0.15, -0.1) is 0 Å². The fourth-order valence-corrected chi connectivity index (χ4v) is 4.16. The summed E-state index contributed by atoms with van der Waals surface area (Å²) in [5.74, 6) is 1.91. The van der Waals surface area contributed by atoms with Crippen LogP contribution in [-0.4, -0.2) is 48.5 Å². The molecule has 4 nitrogen and oxygen atoms in total. The van der Waals surface area contributed by atoms with E-state index >= 15 is 0 Å². The van der Waals surface area contributed by atoms with E-state index in [-0.39, 0.29) is 12.5 Å². The Morgan fingerprint density at radius 2 is 1.62 bits per heavy atom. The van der Waals surface area contributed by atoms with Crippen LogP contribution in [0.25, 0.3) is 0 Å². The molecule has 2 aliphatic heterocycles. The molecule has 26 heavy (non-hydrogen) atoms. The predicted molar refractivity (Wildman–Crippen MR) is 102 cm³/mol. The lowest BCUT2D eigenvalue weighted by atomic mass is 10.0. The van der Waals surface area contributed by atoms with Crippen LogP contribution in [0.5, 0.6) is 5.75 Å². The van der Waals surface area contributed by atoms with Crippen LogP contribution in [0.1, 0.15) is 5.56 Å². The smallest absolute Gasteiger partial charge is 0.260 e. The number of nitrogens with zero attached hydrogens (tertiary/aromatic N) is 2. The summed E-state index contributed by atoms with van der Waals surface area (Å²) < 4.78 is 5.60.